The van der Waals surface area contributed by atoms with Gasteiger partial charge in [-0.15, -0.1) is 0 Å². The van der Waals surface area contributed by atoms with E-state index in [0.717, 1.165) is 0 Å². The van der Waals surface area contributed by atoms with E-state index in [-0.39, 0.29) is 27.3 Å². The molecule has 0 atom stereocenters. The van der Waals surface area contributed by atoms with E-state index < -0.39 is 21.6 Å². The fraction of sp³-hybridized carbons (Fsp3) is 0.0556. The third-order valence-electron chi connectivity index (χ3n) is 3.59. The topological polar surface area (TPSA) is 130 Å². The van der Waals surface area contributed by atoms with E-state index in [1.54, 1.807) is 41.1 Å². The van der Waals surface area contributed by atoms with Crippen LogP contribution in [-0.4, -0.2) is 24.4 Å². The van der Waals surface area contributed by atoms with E-state index in [9.17, 15) is 18.0 Å². The molecule has 11 heteroatoms. The van der Waals surface area contributed by atoms with Gasteiger partial charge in [-0.2, -0.15) is 0 Å². The number of H-pyrrole nitrogens is 1. The Morgan fingerprint density at radius 3 is 2.41 bits per heavy atom. The smallest absolute Gasteiger partial charge is 0.335 e. The molecule has 29 heavy (non-hydrogen) atoms. The van der Waals surface area contributed by atoms with Crippen LogP contribution in [0, 0.1) is 6.92 Å². The lowest BCUT2D eigenvalue weighted by atomic mass is 10.3. The maximum absolute atomic E-state index is 12.3. The van der Waals surface area contributed by atoms with Crippen molar-refractivity contribution in [2.24, 2.45) is 0 Å². The van der Waals surface area contributed by atoms with E-state index in [4.69, 9.17) is 16.3 Å². The minimum atomic E-state index is -4.22. The number of nitrogens with one attached hydrogen (secondary N) is 3. The highest BCUT2D eigenvalue weighted by molar-refractivity contribution is 7.90. The second-order valence-electron chi connectivity index (χ2n) is 5.73. The highest BCUT2D eigenvalue weighted by Crippen LogP contribution is 2.21. The van der Waals surface area contributed by atoms with Crippen LogP contribution in [0.4, 0.5) is 10.7 Å². The Kier molecular flexibility index (Phi) is 5.85. The summed E-state index contributed by atoms with van der Waals surface area (Å²) in [6.07, 6.45) is 0. The quantitative estimate of drug-likeness (QED) is 0.565. The summed E-state index contributed by atoms with van der Waals surface area (Å²) in [4.78, 5) is 30.4. The number of anilines is 1. The number of aryl methyl sites for hydroxylation is 1. The zero-order valence-corrected chi connectivity index (χ0v) is 16.5. The zero-order valence-electron chi connectivity index (χ0n) is 15.0. The predicted octanol–water partition coefficient (Wildman–Crippen LogP) is 3.03. The summed E-state index contributed by atoms with van der Waals surface area (Å²) in [5.41, 5.74) is -0.451. The van der Waals surface area contributed by atoms with Gasteiger partial charge in [-0.3, -0.25) is 15.1 Å². The Morgan fingerprint density at radius 2 is 1.76 bits per heavy atom. The fourth-order valence-electron chi connectivity index (χ4n) is 2.33. The number of benzene rings is 2. The van der Waals surface area contributed by atoms with Crippen LogP contribution in [0.5, 0.6) is 11.5 Å². The van der Waals surface area contributed by atoms with Crippen LogP contribution < -0.4 is 20.3 Å². The monoisotopic (exact) mass is 434 g/mol. The molecule has 150 valence electrons. The number of sulfonamides is 1. The number of rotatable bonds is 5. The maximum atomic E-state index is 12.3. The van der Waals surface area contributed by atoms with Gasteiger partial charge in [-0.1, -0.05) is 41.9 Å². The Labute approximate surface area is 170 Å². The Balaban J connectivity index is 1.76. The molecule has 3 N–H and O–H groups in total. The van der Waals surface area contributed by atoms with Crippen molar-refractivity contribution in [3.05, 3.63) is 75.7 Å². The van der Waals surface area contributed by atoms with Crippen molar-refractivity contribution in [1.82, 2.24) is 14.7 Å². The van der Waals surface area contributed by atoms with Crippen LogP contribution in [0.1, 0.15) is 5.69 Å². The third-order valence-corrected chi connectivity index (χ3v) is 5.43. The molecule has 0 spiro atoms. The Bertz CT molecular complexity index is 1210. The van der Waals surface area contributed by atoms with E-state index in [1.165, 1.54) is 25.1 Å². The average Bonchev–Trinajstić information content (AvgIpc) is 2.65. The molecule has 9 nitrogen and oxygen atoms in total. The van der Waals surface area contributed by atoms with Crippen molar-refractivity contribution in [3.8, 4) is 11.5 Å². The number of aromatic nitrogens is 2. The SMILES string of the molecule is Cc1nc(NC(=O)NS(=O)(=O)c2ccccc2Cl)[nH]c(=O)c1Oc1ccccc1. The summed E-state index contributed by atoms with van der Waals surface area (Å²) in [5, 5.41) is 2.12. The average molecular weight is 435 g/mol. The van der Waals surface area contributed by atoms with Crippen LogP contribution >= 0.6 is 11.6 Å². The first-order valence-corrected chi connectivity index (χ1v) is 10.0. The van der Waals surface area contributed by atoms with Gasteiger partial charge in [-0.25, -0.2) is 22.9 Å². The van der Waals surface area contributed by atoms with Gasteiger partial charge < -0.3 is 4.74 Å². The molecule has 0 radical (unpaired) electrons. The second-order valence-corrected chi connectivity index (χ2v) is 7.79. The van der Waals surface area contributed by atoms with Gasteiger partial charge in [0.2, 0.25) is 11.7 Å². The normalized spacial score (nSPS) is 11.0. The van der Waals surface area contributed by atoms with Gasteiger partial charge in [0.05, 0.1) is 10.7 Å². The van der Waals surface area contributed by atoms with Crippen molar-refractivity contribution in [2.75, 3.05) is 5.32 Å². The molecular formula is C18H15ClN4O5S. The number of aromatic amines is 1. The first-order chi connectivity index (χ1) is 13.8. The van der Waals surface area contributed by atoms with Crippen LogP contribution in [0.3, 0.4) is 0 Å². The van der Waals surface area contributed by atoms with Crippen LogP contribution in [0.25, 0.3) is 0 Å². The van der Waals surface area contributed by atoms with Crippen molar-refractivity contribution in [2.45, 2.75) is 11.8 Å². The number of carbonyl (C=O) groups excluding carboxylic acids is 1. The van der Waals surface area contributed by atoms with Gasteiger partial charge in [0.15, 0.2) is 0 Å². The standard InChI is InChI=1S/C18H15ClN4O5S/c1-11-15(28-12-7-3-2-4-8-12)16(24)21-17(20-11)22-18(25)23-29(26,27)14-10-6-5-9-13(14)19/h2-10H,1H3,(H3,20,21,22,23,24,25). The summed E-state index contributed by atoms with van der Waals surface area (Å²) in [6.45, 7) is 1.51. The van der Waals surface area contributed by atoms with Crippen molar-refractivity contribution < 1.29 is 17.9 Å². The fourth-order valence-corrected chi connectivity index (χ4v) is 3.76. The molecule has 0 saturated heterocycles. The molecule has 0 fully saturated rings. The number of urea groups is 1. The van der Waals surface area contributed by atoms with Gasteiger partial charge in [-0.05, 0) is 31.2 Å². The van der Waals surface area contributed by atoms with Crippen molar-refractivity contribution in [3.63, 3.8) is 0 Å². The molecule has 1 aromatic heterocycles. The first-order valence-electron chi connectivity index (χ1n) is 8.18. The molecule has 1 heterocycles. The lowest BCUT2D eigenvalue weighted by Gasteiger charge is -2.11. The summed E-state index contributed by atoms with van der Waals surface area (Å²) in [5.74, 6) is 0.137. The van der Waals surface area contributed by atoms with Crippen molar-refractivity contribution in [1.29, 1.82) is 0 Å². The number of carbonyl (C=O) groups is 1. The minimum Gasteiger partial charge on any atom is -0.450 e. The summed E-state index contributed by atoms with van der Waals surface area (Å²) in [6, 6.07) is 13.1. The molecular weight excluding hydrogens is 420 g/mol. The number of hydrogen-bond donors (Lipinski definition) is 3. The second kappa shape index (κ2) is 8.33. The Morgan fingerprint density at radius 1 is 1.10 bits per heavy atom. The van der Waals surface area contributed by atoms with Crippen LogP contribution in [0.2, 0.25) is 5.02 Å². The minimum absolute atomic E-state index is 0.0439. The molecule has 3 aromatic rings. The number of hydrogen-bond acceptors (Lipinski definition) is 6. The highest BCUT2D eigenvalue weighted by Gasteiger charge is 2.21. The lowest BCUT2D eigenvalue weighted by Crippen LogP contribution is -2.35. The summed E-state index contributed by atoms with van der Waals surface area (Å²) in [7, 11) is -4.22. The van der Waals surface area contributed by atoms with E-state index in [2.05, 4.69) is 15.3 Å². The van der Waals surface area contributed by atoms with Crippen molar-refractivity contribution >= 4 is 33.6 Å². The number of amides is 2. The van der Waals surface area contributed by atoms with Crippen LogP contribution in [0.15, 0.2) is 64.3 Å². The zero-order chi connectivity index (χ0) is 21.0. The molecule has 0 saturated carbocycles. The Hall–Kier alpha value is -3.37. The molecule has 2 amide bonds. The van der Waals surface area contributed by atoms with Gasteiger partial charge in [0.25, 0.3) is 15.6 Å². The van der Waals surface area contributed by atoms with E-state index >= 15 is 0 Å². The van der Waals surface area contributed by atoms with Gasteiger partial charge in [0.1, 0.15) is 10.6 Å². The van der Waals surface area contributed by atoms with Gasteiger partial charge in [0, 0.05) is 0 Å². The van der Waals surface area contributed by atoms with E-state index in [0.29, 0.717) is 5.75 Å². The molecule has 0 aliphatic heterocycles. The molecule has 0 aliphatic carbocycles. The number of halogens is 1. The predicted molar refractivity (Wildman–Crippen MR) is 107 cm³/mol. The third kappa shape index (κ3) is 4.92. The number of para-hydroxylation sites is 1. The van der Waals surface area contributed by atoms with E-state index in [1.807, 2.05) is 0 Å². The molecule has 0 aliphatic rings. The largest absolute Gasteiger partial charge is 0.450 e. The molecule has 2 aromatic carbocycles. The number of nitrogens with zero attached hydrogens (tertiary/aromatic N) is 1. The highest BCUT2D eigenvalue weighted by atomic mass is 35.5. The first kappa shape index (κ1) is 20.4. The molecule has 3 rings (SSSR count). The summed E-state index contributed by atoms with van der Waals surface area (Å²) >= 11 is 5.85. The van der Waals surface area contributed by atoms with Gasteiger partial charge >= 0.3 is 6.03 Å². The lowest BCUT2D eigenvalue weighted by molar-refractivity contribution is 0.256. The van der Waals surface area contributed by atoms with Crippen LogP contribution in [-0.2, 0) is 10.0 Å². The maximum Gasteiger partial charge on any atom is 0.335 e. The molecule has 0 bridgehead atoms. The summed E-state index contributed by atoms with van der Waals surface area (Å²) < 4.78 is 31.9. The number of ether oxygens (including phenoxy) is 1. The molecule has 0 unspecified atom stereocenters.